The fraction of sp³-hybridized carbons (Fsp3) is 0.308. The van der Waals surface area contributed by atoms with Crippen molar-refractivity contribution in [2.24, 2.45) is 0 Å². The molecule has 0 bridgehead atoms. The van der Waals surface area contributed by atoms with Gasteiger partial charge in [0, 0.05) is 12.7 Å². The van der Waals surface area contributed by atoms with Gasteiger partial charge >= 0.3 is 0 Å². The largest absolute Gasteiger partial charge is 0.393 e. The summed E-state index contributed by atoms with van der Waals surface area (Å²) >= 11 is 0. The molecule has 6 nitrogen and oxygen atoms in total. The van der Waals surface area contributed by atoms with E-state index < -0.39 is 11.7 Å². The van der Waals surface area contributed by atoms with E-state index in [1.807, 2.05) is 0 Å². The third-order valence-corrected chi connectivity index (χ3v) is 2.89. The molecule has 0 aromatic carbocycles. The van der Waals surface area contributed by atoms with E-state index in [9.17, 15) is 14.7 Å². The molecule has 2 aromatic rings. The molecule has 0 aliphatic heterocycles. The molecule has 6 heteroatoms. The van der Waals surface area contributed by atoms with Crippen LogP contribution in [0.3, 0.4) is 0 Å². The topological polar surface area (TPSA) is 98.9 Å². The first-order valence-corrected chi connectivity index (χ1v) is 5.87. The number of pyridine rings is 2. The van der Waals surface area contributed by atoms with E-state index in [-0.39, 0.29) is 11.1 Å². The summed E-state index contributed by atoms with van der Waals surface area (Å²) in [5.41, 5.74) is -0.470. The normalized spacial score (nSPS) is 12.3. The van der Waals surface area contributed by atoms with Crippen LogP contribution in [-0.4, -0.2) is 20.8 Å². The lowest BCUT2D eigenvalue weighted by Crippen LogP contribution is -2.23. The van der Waals surface area contributed by atoms with Crippen molar-refractivity contribution in [1.29, 1.82) is 5.26 Å². The van der Waals surface area contributed by atoms with Gasteiger partial charge in [-0.25, -0.2) is 0 Å². The molecule has 2 N–H and O–H groups in total. The van der Waals surface area contributed by atoms with Crippen molar-refractivity contribution in [1.82, 2.24) is 9.55 Å². The summed E-state index contributed by atoms with van der Waals surface area (Å²) in [4.78, 5) is 26.1. The summed E-state index contributed by atoms with van der Waals surface area (Å²) in [5.74, 6) is 0. The Labute approximate surface area is 108 Å². The molecular weight excluding hydrogens is 246 g/mol. The zero-order valence-corrected chi connectivity index (χ0v) is 10.4. The van der Waals surface area contributed by atoms with Crippen LogP contribution in [0.2, 0.25) is 0 Å². The maximum atomic E-state index is 12.2. The molecule has 2 heterocycles. The van der Waals surface area contributed by atoms with Crippen molar-refractivity contribution < 1.29 is 5.11 Å². The molecule has 0 amide bonds. The number of aliphatic hydroxyl groups is 1. The van der Waals surface area contributed by atoms with E-state index in [0.717, 1.165) is 0 Å². The molecule has 0 fully saturated rings. The van der Waals surface area contributed by atoms with Crippen molar-refractivity contribution >= 4 is 10.9 Å². The summed E-state index contributed by atoms with van der Waals surface area (Å²) in [5, 5.41) is 18.3. The number of rotatable bonds is 3. The molecule has 0 aliphatic carbocycles. The van der Waals surface area contributed by atoms with Crippen molar-refractivity contribution in [2.45, 2.75) is 26.0 Å². The molecule has 0 spiro atoms. The minimum atomic E-state index is -0.504. The van der Waals surface area contributed by atoms with Crippen LogP contribution in [0.1, 0.15) is 18.9 Å². The highest BCUT2D eigenvalue weighted by atomic mass is 16.3. The first kappa shape index (κ1) is 13.1. The highest BCUT2D eigenvalue weighted by Crippen LogP contribution is 2.06. The minimum absolute atomic E-state index is 0.0853. The highest BCUT2D eigenvalue weighted by molar-refractivity contribution is 5.78. The highest BCUT2D eigenvalue weighted by Gasteiger charge is 2.07. The van der Waals surface area contributed by atoms with E-state index >= 15 is 0 Å². The van der Waals surface area contributed by atoms with Crippen LogP contribution in [-0.2, 0) is 6.54 Å². The van der Waals surface area contributed by atoms with Crippen LogP contribution in [0.25, 0.3) is 10.9 Å². The molecule has 2 rings (SSSR count). The number of nitrogens with zero attached hydrogens (tertiary/aromatic N) is 2. The van der Waals surface area contributed by atoms with Crippen LogP contribution in [0, 0.1) is 11.3 Å². The number of hydrogen-bond acceptors (Lipinski definition) is 4. The van der Waals surface area contributed by atoms with Gasteiger partial charge in [-0.3, -0.25) is 9.59 Å². The van der Waals surface area contributed by atoms with E-state index in [2.05, 4.69) is 4.98 Å². The first-order valence-electron chi connectivity index (χ1n) is 5.87. The van der Waals surface area contributed by atoms with Gasteiger partial charge in [0.25, 0.3) is 11.1 Å². The van der Waals surface area contributed by atoms with E-state index in [1.54, 1.807) is 25.3 Å². The SMILES string of the molecule is CC(O)CCn1ccc2[nH]c(=O)c(C#N)cc2c1=O. The number of hydrogen-bond donors (Lipinski definition) is 2. The van der Waals surface area contributed by atoms with Gasteiger partial charge in [-0.15, -0.1) is 0 Å². The molecule has 0 radical (unpaired) electrons. The van der Waals surface area contributed by atoms with E-state index in [0.29, 0.717) is 23.9 Å². The quantitative estimate of drug-likeness (QED) is 0.829. The molecule has 0 saturated heterocycles. The Morgan fingerprint density at radius 1 is 1.53 bits per heavy atom. The molecule has 1 unspecified atom stereocenters. The molecule has 98 valence electrons. The van der Waals surface area contributed by atoms with Gasteiger partial charge in [-0.2, -0.15) is 5.26 Å². The number of fused-ring (bicyclic) bond motifs is 1. The third-order valence-electron chi connectivity index (χ3n) is 2.89. The van der Waals surface area contributed by atoms with Crippen molar-refractivity contribution in [3.63, 3.8) is 0 Å². The zero-order valence-electron chi connectivity index (χ0n) is 10.4. The summed E-state index contributed by atoms with van der Waals surface area (Å²) < 4.78 is 1.45. The van der Waals surface area contributed by atoms with Gasteiger partial charge in [0.05, 0.1) is 17.0 Å². The van der Waals surface area contributed by atoms with Crippen molar-refractivity contribution in [2.75, 3.05) is 0 Å². The second-order valence-corrected chi connectivity index (χ2v) is 4.40. The summed E-state index contributed by atoms with van der Waals surface area (Å²) in [7, 11) is 0. The maximum Gasteiger partial charge on any atom is 0.266 e. The summed E-state index contributed by atoms with van der Waals surface area (Å²) in [6, 6.07) is 4.67. The number of nitriles is 1. The summed E-state index contributed by atoms with van der Waals surface area (Å²) in [6.45, 7) is 2.03. The number of nitrogens with one attached hydrogen (secondary N) is 1. The lowest BCUT2D eigenvalue weighted by molar-refractivity contribution is 0.177. The Morgan fingerprint density at radius 2 is 2.26 bits per heavy atom. The van der Waals surface area contributed by atoms with E-state index in [4.69, 9.17) is 5.26 Å². The Kier molecular flexibility index (Phi) is 3.49. The van der Waals surface area contributed by atoms with Crippen LogP contribution in [0.15, 0.2) is 27.9 Å². The smallest absolute Gasteiger partial charge is 0.266 e. The second-order valence-electron chi connectivity index (χ2n) is 4.40. The number of aliphatic hydroxyl groups excluding tert-OH is 1. The van der Waals surface area contributed by atoms with Crippen LogP contribution in [0.5, 0.6) is 0 Å². The number of aryl methyl sites for hydroxylation is 1. The lowest BCUT2D eigenvalue weighted by Gasteiger charge is -2.08. The zero-order chi connectivity index (χ0) is 14.0. The monoisotopic (exact) mass is 259 g/mol. The fourth-order valence-electron chi connectivity index (χ4n) is 1.82. The molecule has 2 aromatic heterocycles. The van der Waals surface area contributed by atoms with Gasteiger partial charge in [0.1, 0.15) is 11.6 Å². The average molecular weight is 259 g/mol. The maximum absolute atomic E-state index is 12.2. The Balaban J connectivity index is 2.58. The average Bonchev–Trinajstić information content (AvgIpc) is 2.37. The predicted molar refractivity (Wildman–Crippen MR) is 69.8 cm³/mol. The van der Waals surface area contributed by atoms with Gasteiger partial charge in [-0.05, 0) is 25.5 Å². The molecule has 0 aliphatic rings. The van der Waals surface area contributed by atoms with E-state index in [1.165, 1.54) is 10.6 Å². The standard InChI is InChI=1S/C13H13N3O3/c1-8(17)2-4-16-5-3-11-10(13(16)19)6-9(7-14)12(18)15-11/h3,5-6,8,17H,2,4H2,1H3,(H,15,18). The molecular formula is C13H13N3O3. The van der Waals surface area contributed by atoms with Gasteiger partial charge in [-0.1, -0.05) is 0 Å². The van der Waals surface area contributed by atoms with Crippen LogP contribution >= 0.6 is 0 Å². The minimum Gasteiger partial charge on any atom is -0.393 e. The number of aromatic amines is 1. The lowest BCUT2D eigenvalue weighted by atomic mass is 10.2. The van der Waals surface area contributed by atoms with Gasteiger partial charge in [0.2, 0.25) is 0 Å². The fourth-order valence-corrected chi connectivity index (χ4v) is 1.82. The Hall–Kier alpha value is -2.39. The number of aromatic nitrogens is 2. The van der Waals surface area contributed by atoms with Gasteiger partial charge in [0.15, 0.2) is 0 Å². The Bertz CT molecular complexity index is 765. The Morgan fingerprint density at radius 3 is 2.89 bits per heavy atom. The second kappa shape index (κ2) is 5.08. The molecule has 19 heavy (non-hydrogen) atoms. The van der Waals surface area contributed by atoms with Crippen LogP contribution < -0.4 is 11.1 Å². The van der Waals surface area contributed by atoms with Gasteiger partial charge < -0.3 is 14.7 Å². The molecule has 1 atom stereocenters. The van der Waals surface area contributed by atoms with Crippen molar-refractivity contribution in [3.05, 3.63) is 44.6 Å². The third kappa shape index (κ3) is 2.56. The van der Waals surface area contributed by atoms with Crippen molar-refractivity contribution in [3.8, 4) is 6.07 Å². The predicted octanol–water partition coefficient (Wildman–Crippen LogP) is 0.332. The van der Waals surface area contributed by atoms with Crippen LogP contribution in [0.4, 0.5) is 0 Å². The molecule has 0 saturated carbocycles. The first-order chi connectivity index (χ1) is 9.02. The number of H-pyrrole nitrogens is 1. The summed E-state index contributed by atoms with van der Waals surface area (Å²) in [6.07, 6.45) is 1.53.